The lowest BCUT2D eigenvalue weighted by Crippen LogP contribution is -2.33. The Morgan fingerprint density at radius 1 is 1.14 bits per heavy atom. The van der Waals surface area contributed by atoms with E-state index >= 15 is 0 Å². The van der Waals surface area contributed by atoms with Gasteiger partial charge in [-0.2, -0.15) is 13.2 Å². The van der Waals surface area contributed by atoms with Crippen molar-refractivity contribution in [1.29, 1.82) is 0 Å². The highest BCUT2D eigenvalue weighted by Crippen LogP contribution is 2.34. The third-order valence-corrected chi connectivity index (χ3v) is 6.60. The van der Waals surface area contributed by atoms with Crippen molar-refractivity contribution in [2.24, 2.45) is 7.05 Å². The van der Waals surface area contributed by atoms with E-state index < -0.39 is 32.9 Å². The van der Waals surface area contributed by atoms with Crippen LogP contribution in [-0.2, 0) is 23.2 Å². The number of carbonyl (C=O) groups excluding carboxylic acids is 1. The minimum Gasteiger partial charge on any atom is -0.335 e. The first-order chi connectivity index (χ1) is 13.6. The summed E-state index contributed by atoms with van der Waals surface area (Å²) in [4.78, 5) is 16.5. The highest BCUT2D eigenvalue weighted by molar-refractivity contribution is 7.91. The Bertz CT molecular complexity index is 1210. The first kappa shape index (κ1) is 19.4. The summed E-state index contributed by atoms with van der Waals surface area (Å²) in [6.07, 6.45) is -1.66. The van der Waals surface area contributed by atoms with Gasteiger partial charge in [-0.05, 0) is 42.7 Å². The maximum absolute atomic E-state index is 12.8. The van der Waals surface area contributed by atoms with Crippen LogP contribution in [0.4, 0.5) is 13.2 Å². The molecule has 1 aliphatic carbocycles. The fraction of sp³-hybridized carbons (Fsp3) is 0.263. The molecule has 0 spiro atoms. The number of carbonyl (C=O) groups is 1. The standard InChI is InChI=1S/C19H16F3N3O3S/c1-25-10-15(11-2-4-12(5-3-11)19(20,21)22)14-8-9-16(23-17(14)25)18(26)24-29(27,28)13-6-7-13/h2-5,8-10,13H,6-7H2,1H3,(H,24,26). The van der Waals surface area contributed by atoms with Gasteiger partial charge in [0.15, 0.2) is 0 Å². The number of nitrogens with zero attached hydrogens (tertiary/aromatic N) is 2. The van der Waals surface area contributed by atoms with Crippen LogP contribution in [0.2, 0.25) is 0 Å². The van der Waals surface area contributed by atoms with Crippen LogP contribution in [0.5, 0.6) is 0 Å². The van der Waals surface area contributed by atoms with E-state index in [-0.39, 0.29) is 5.69 Å². The summed E-state index contributed by atoms with van der Waals surface area (Å²) in [5.74, 6) is -0.809. The molecule has 152 valence electrons. The number of pyridine rings is 1. The van der Waals surface area contributed by atoms with Gasteiger partial charge in [-0.1, -0.05) is 12.1 Å². The second-order valence-electron chi connectivity index (χ2n) is 6.97. The predicted octanol–water partition coefficient (Wildman–Crippen LogP) is 3.48. The fourth-order valence-electron chi connectivity index (χ4n) is 3.09. The minimum absolute atomic E-state index is 0.0538. The smallest absolute Gasteiger partial charge is 0.335 e. The molecule has 0 bridgehead atoms. The molecule has 6 nitrogen and oxygen atoms in total. The number of hydrogen-bond donors (Lipinski definition) is 1. The summed E-state index contributed by atoms with van der Waals surface area (Å²) in [6.45, 7) is 0. The zero-order valence-corrected chi connectivity index (χ0v) is 16.0. The molecular weight excluding hydrogens is 407 g/mol. The molecule has 2 aromatic heterocycles. The van der Waals surface area contributed by atoms with E-state index in [0.717, 1.165) is 12.1 Å². The monoisotopic (exact) mass is 423 g/mol. The molecule has 3 aromatic rings. The van der Waals surface area contributed by atoms with Crippen molar-refractivity contribution in [3.63, 3.8) is 0 Å². The molecule has 1 aromatic carbocycles. The van der Waals surface area contributed by atoms with Crippen LogP contribution >= 0.6 is 0 Å². The molecular formula is C19H16F3N3O3S. The molecule has 0 atom stereocenters. The van der Waals surface area contributed by atoms with Crippen molar-refractivity contribution in [3.05, 3.63) is 53.9 Å². The van der Waals surface area contributed by atoms with E-state index in [9.17, 15) is 26.4 Å². The molecule has 0 unspecified atom stereocenters. The van der Waals surface area contributed by atoms with Gasteiger partial charge in [0, 0.05) is 24.2 Å². The van der Waals surface area contributed by atoms with Gasteiger partial charge in [-0.15, -0.1) is 0 Å². The molecule has 2 heterocycles. The quantitative estimate of drug-likeness (QED) is 0.697. The third kappa shape index (κ3) is 3.71. The Hall–Kier alpha value is -2.88. The van der Waals surface area contributed by atoms with E-state index in [4.69, 9.17) is 0 Å². The minimum atomic E-state index is -4.41. The number of alkyl halides is 3. The van der Waals surface area contributed by atoms with Gasteiger partial charge < -0.3 is 4.57 Å². The Kier molecular flexibility index (Phi) is 4.41. The molecule has 0 aliphatic heterocycles. The number of sulfonamides is 1. The van der Waals surface area contributed by atoms with Gasteiger partial charge in [-0.3, -0.25) is 4.79 Å². The fourth-order valence-corrected chi connectivity index (χ4v) is 4.38. The van der Waals surface area contributed by atoms with Crippen LogP contribution in [0.15, 0.2) is 42.6 Å². The number of nitrogens with one attached hydrogen (secondary N) is 1. The van der Waals surface area contributed by atoms with Gasteiger partial charge in [0.25, 0.3) is 5.91 Å². The van der Waals surface area contributed by atoms with Gasteiger partial charge in [0.2, 0.25) is 10.0 Å². The predicted molar refractivity (Wildman–Crippen MR) is 101 cm³/mol. The molecule has 10 heteroatoms. The number of hydrogen-bond acceptors (Lipinski definition) is 4. The van der Waals surface area contributed by atoms with Crippen LogP contribution in [0, 0.1) is 0 Å². The van der Waals surface area contributed by atoms with Crippen LogP contribution in [-0.4, -0.2) is 29.1 Å². The normalized spacial score (nSPS) is 14.9. The number of aryl methyl sites for hydroxylation is 1. The molecule has 4 rings (SSSR count). The summed E-state index contributed by atoms with van der Waals surface area (Å²) in [7, 11) is -2.00. The maximum Gasteiger partial charge on any atom is 0.416 e. The lowest BCUT2D eigenvalue weighted by Gasteiger charge is -2.07. The number of amides is 1. The van der Waals surface area contributed by atoms with Crippen molar-refractivity contribution in [2.75, 3.05) is 0 Å². The Morgan fingerprint density at radius 2 is 1.79 bits per heavy atom. The first-order valence-electron chi connectivity index (χ1n) is 8.76. The topological polar surface area (TPSA) is 81.1 Å². The summed E-state index contributed by atoms with van der Waals surface area (Å²) in [6, 6.07) is 7.76. The van der Waals surface area contributed by atoms with Crippen LogP contribution < -0.4 is 4.72 Å². The van der Waals surface area contributed by atoms with Gasteiger partial charge >= 0.3 is 6.18 Å². The molecule has 0 radical (unpaired) electrons. The molecule has 0 saturated heterocycles. The second kappa shape index (κ2) is 6.58. The summed E-state index contributed by atoms with van der Waals surface area (Å²) >= 11 is 0. The summed E-state index contributed by atoms with van der Waals surface area (Å²) < 4.78 is 65.9. The van der Waals surface area contributed by atoms with E-state index in [1.165, 1.54) is 18.2 Å². The average molecular weight is 423 g/mol. The van der Waals surface area contributed by atoms with Crippen molar-refractivity contribution >= 4 is 27.0 Å². The zero-order chi connectivity index (χ0) is 21.0. The highest BCUT2D eigenvalue weighted by Gasteiger charge is 2.37. The van der Waals surface area contributed by atoms with Crippen LogP contribution in [0.1, 0.15) is 28.9 Å². The average Bonchev–Trinajstić information content (AvgIpc) is 3.46. The Morgan fingerprint density at radius 3 is 2.38 bits per heavy atom. The van der Waals surface area contributed by atoms with E-state index in [2.05, 4.69) is 4.98 Å². The maximum atomic E-state index is 12.8. The van der Waals surface area contributed by atoms with Gasteiger partial charge in [-0.25, -0.2) is 18.1 Å². The summed E-state index contributed by atoms with van der Waals surface area (Å²) in [5, 5.41) is 0.102. The van der Waals surface area contributed by atoms with E-state index in [1.54, 1.807) is 23.9 Å². The molecule has 1 amide bonds. The number of rotatable bonds is 4. The van der Waals surface area contributed by atoms with Crippen molar-refractivity contribution in [1.82, 2.24) is 14.3 Å². The molecule has 1 N–H and O–H groups in total. The van der Waals surface area contributed by atoms with Crippen molar-refractivity contribution < 1.29 is 26.4 Å². The Balaban J connectivity index is 1.67. The molecule has 1 aliphatic rings. The van der Waals surface area contributed by atoms with Crippen molar-refractivity contribution in [3.8, 4) is 11.1 Å². The van der Waals surface area contributed by atoms with E-state index in [0.29, 0.717) is 35.0 Å². The van der Waals surface area contributed by atoms with Crippen LogP contribution in [0.25, 0.3) is 22.2 Å². The SMILES string of the molecule is Cn1cc(-c2ccc(C(F)(F)F)cc2)c2ccc(C(=O)NS(=O)(=O)C3CC3)nc21. The van der Waals surface area contributed by atoms with Crippen molar-refractivity contribution in [2.45, 2.75) is 24.3 Å². The molecule has 1 fully saturated rings. The van der Waals surface area contributed by atoms with E-state index in [1.807, 2.05) is 4.72 Å². The van der Waals surface area contributed by atoms with Gasteiger partial charge in [0.05, 0.1) is 10.8 Å². The number of aromatic nitrogens is 2. The largest absolute Gasteiger partial charge is 0.416 e. The lowest BCUT2D eigenvalue weighted by atomic mass is 10.0. The number of fused-ring (bicyclic) bond motifs is 1. The first-order valence-corrected chi connectivity index (χ1v) is 10.3. The highest BCUT2D eigenvalue weighted by atomic mass is 32.2. The van der Waals surface area contributed by atoms with Crippen LogP contribution in [0.3, 0.4) is 0 Å². The zero-order valence-electron chi connectivity index (χ0n) is 15.2. The number of halogens is 3. The summed E-state index contributed by atoms with van der Waals surface area (Å²) in [5.41, 5.74) is 0.842. The second-order valence-corrected chi connectivity index (χ2v) is 8.93. The molecule has 29 heavy (non-hydrogen) atoms. The lowest BCUT2D eigenvalue weighted by molar-refractivity contribution is -0.137. The Labute approximate surface area is 164 Å². The van der Waals surface area contributed by atoms with Gasteiger partial charge in [0.1, 0.15) is 11.3 Å². The molecule has 1 saturated carbocycles. The number of benzene rings is 1. The third-order valence-electron chi connectivity index (χ3n) is 4.78.